The lowest BCUT2D eigenvalue weighted by Gasteiger charge is -2.07. The van der Waals surface area contributed by atoms with Crippen LogP contribution in [0.2, 0.25) is 0 Å². The molecule has 0 saturated carbocycles. The maximum absolute atomic E-state index is 11.7. The first-order chi connectivity index (χ1) is 12.0. The maximum atomic E-state index is 11.7. The van der Waals surface area contributed by atoms with Crippen molar-refractivity contribution in [3.63, 3.8) is 0 Å². The first kappa shape index (κ1) is 18.1. The standard InChI is InChI=1S/C16H15N3O5S/c17-15(22)10-3-5-11(6-4-10)19-13(20)9-24-14(21)8-18-16(23)12-2-1-7-25-12/h1-7H,8-9H2,(H2,17,22)(H,18,23)(H,19,20). The number of hydrogen-bond acceptors (Lipinski definition) is 6. The molecule has 0 aliphatic carbocycles. The molecule has 0 saturated heterocycles. The molecule has 9 heteroatoms. The zero-order valence-corrected chi connectivity index (χ0v) is 13.8. The van der Waals surface area contributed by atoms with E-state index in [-0.39, 0.29) is 12.5 Å². The van der Waals surface area contributed by atoms with Crippen LogP contribution in [0.4, 0.5) is 5.69 Å². The highest BCUT2D eigenvalue weighted by Crippen LogP contribution is 2.09. The van der Waals surface area contributed by atoms with Crippen molar-refractivity contribution in [1.82, 2.24) is 5.32 Å². The Balaban J connectivity index is 1.71. The molecule has 3 amide bonds. The fourth-order valence-corrected chi connectivity index (χ4v) is 2.40. The van der Waals surface area contributed by atoms with Gasteiger partial charge in [0.05, 0.1) is 4.88 Å². The van der Waals surface area contributed by atoms with Crippen LogP contribution in [0, 0.1) is 0 Å². The van der Waals surface area contributed by atoms with Gasteiger partial charge in [0, 0.05) is 11.3 Å². The molecule has 0 unspecified atom stereocenters. The van der Waals surface area contributed by atoms with E-state index in [0.29, 0.717) is 16.1 Å². The number of benzene rings is 1. The summed E-state index contributed by atoms with van der Waals surface area (Å²) in [6.45, 7) is -0.831. The highest BCUT2D eigenvalue weighted by molar-refractivity contribution is 7.12. The zero-order valence-electron chi connectivity index (χ0n) is 13.0. The molecular weight excluding hydrogens is 346 g/mol. The van der Waals surface area contributed by atoms with Gasteiger partial charge in [0.1, 0.15) is 6.54 Å². The Hall–Kier alpha value is -3.20. The van der Waals surface area contributed by atoms with Crippen molar-refractivity contribution in [3.05, 3.63) is 52.2 Å². The van der Waals surface area contributed by atoms with Crippen LogP contribution >= 0.6 is 11.3 Å². The molecular formula is C16H15N3O5S. The molecule has 2 aromatic rings. The van der Waals surface area contributed by atoms with Gasteiger partial charge in [-0.05, 0) is 35.7 Å². The molecule has 130 valence electrons. The number of anilines is 1. The van der Waals surface area contributed by atoms with Crippen molar-refractivity contribution in [3.8, 4) is 0 Å². The summed E-state index contributed by atoms with van der Waals surface area (Å²) in [5.41, 5.74) is 5.85. The number of amides is 3. The van der Waals surface area contributed by atoms with Gasteiger partial charge in [-0.3, -0.25) is 19.2 Å². The van der Waals surface area contributed by atoms with Crippen LogP contribution in [0.1, 0.15) is 20.0 Å². The van der Waals surface area contributed by atoms with E-state index in [4.69, 9.17) is 10.5 Å². The molecule has 0 aliphatic heterocycles. The van der Waals surface area contributed by atoms with Crippen LogP contribution in [0.3, 0.4) is 0 Å². The molecule has 4 N–H and O–H groups in total. The maximum Gasteiger partial charge on any atom is 0.325 e. The molecule has 1 heterocycles. The Labute approximate surface area is 147 Å². The fraction of sp³-hybridized carbons (Fsp3) is 0.125. The number of carbonyl (C=O) groups is 4. The molecule has 0 fully saturated rings. The lowest BCUT2D eigenvalue weighted by atomic mass is 10.2. The summed E-state index contributed by atoms with van der Waals surface area (Å²) in [7, 11) is 0. The lowest BCUT2D eigenvalue weighted by Crippen LogP contribution is -2.31. The number of rotatable bonds is 7. The Morgan fingerprint density at radius 3 is 2.40 bits per heavy atom. The third-order valence-electron chi connectivity index (χ3n) is 2.96. The molecule has 0 atom stereocenters. The van der Waals surface area contributed by atoms with Crippen LogP contribution in [0.5, 0.6) is 0 Å². The van der Waals surface area contributed by atoms with Gasteiger partial charge >= 0.3 is 5.97 Å². The van der Waals surface area contributed by atoms with E-state index in [2.05, 4.69) is 10.6 Å². The first-order valence-corrected chi connectivity index (χ1v) is 8.00. The Morgan fingerprint density at radius 1 is 1.08 bits per heavy atom. The van der Waals surface area contributed by atoms with Gasteiger partial charge in [0.25, 0.3) is 11.8 Å². The van der Waals surface area contributed by atoms with Gasteiger partial charge in [-0.25, -0.2) is 0 Å². The Kier molecular flexibility index (Phi) is 6.24. The monoisotopic (exact) mass is 361 g/mol. The summed E-state index contributed by atoms with van der Waals surface area (Å²) < 4.78 is 4.77. The van der Waals surface area contributed by atoms with E-state index < -0.39 is 24.4 Å². The number of thiophene rings is 1. The van der Waals surface area contributed by atoms with Gasteiger partial charge in [-0.15, -0.1) is 11.3 Å². The minimum Gasteiger partial charge on any atom is -0.454 e. The molecule has 2 rings (SSSR count). The number of hydrogen-bond donors (Lipinski definition) is 3. The number of carbonyl (C=O) groups excluding carboxylic acids is 4. The van der Waals surface area contributed by atoms with Gasteiger partial charge in [-0.1, -0.05) is 6.07 Å². The second kappa shape index (κ2) is 8.60. The van der Waals surface area contributed by atoms with Crippen LogP contribution < -0.4 is 16.4 Å². The van der Waals surface area contributed by atoms with Crippen molar-refractivity contribution in [2.45, 2.75) is 0 Å². The van der Waals surface area contributed by atoms with Crippen molar-refractivity contribution in [2.24, 2.45) is 5.73 Å². The van der Waals surface area contributed by atoms with Crippen molar-refractivity contribution >= 4 is 40.7 Å². The quantitative estimate of drug-likeness (QED) is 0.627. The molecule has 0 aliphatic rings. The average Bonchev–Trinajstić information content (AvgIpc) is 3.13. The molecule has 1 aromatic carbocycles. The molecule has 1 aromatic heterocycles. The first-order valence-electron chi connectivity index (χ1n) is 7.13. The highest BCUT2D eigenvalue weighted by Gasteiger charge is 2.11. The van der Waals surface area contributed by atoms with Gasteiger partial charge < -0.3 is 21.1 Å². The van der Waals surface area contributed by atoms with Crippen LogP contribution in [0.25, 0.3) is 0 Å². The van der Waals surface area contributed by atoms with Crippen LogP contribution in [0.15, 0.2) is 41.8 Å². The zero-order chi connectivity index (χ0) is 18.2. The summed E-state index contributed by atoms with van der Waals surface area (Å²) in [6.07, 6.45) is 0. The third-order valence-corrected chi connectivity index (χ3v) is 3.82. The van der Waals surface area contributed by atoms with Crippen LogP contribution in [-0.4, -0.2) is 36.8 Å². The van der Waals surface area contributed by atoms with E-state index in [0.717, 1.165) is 0 Å². The molecule has 25 heavy (non-hydrogen) atoms. The fourth-order valence-electron chi connectivity index (χ4n) is 1.76. The lowest BCUT2D eigenvalue weighted by molar-refractivity contribution is -0.146. The van der Waals surface area contributed by atoms with E-state index in [9.17, 15) is 19.2 Å². The topological polar surface area (TPSA) is 128 Å². The molecule has 0 bridgehead atoms. The molecule has 8 nitrogen and oxygen atoms in total. The minimum absolute atomic E-state index is 0.311. The van der Waals surface area contributed by atoms with E-state index in [1.54, 1.807) is 17.5 Å². The van der Waals surface area contributed by atoms with Gasteiger partial charge in [-0.2, -0.15) is 0 Å². The average molecular weight is 361 g/mol. The largest absolute Gasteiger partial charge is 0.454 e. The van der Waals surface area contributed by atoms with E-state index in [1.807, 2.05) is 0 Å². The van der Waals surface area contributed by atoms with Crippen LogP contribution in [-0.2, 0) is 14.3 Å². The number of nitrogens with one attached hydrogen (secondary N) is 2. The second-order valence-corrected chi connectivity index (χ2v) is 5.76. The number of primary amides is 1. The van der Waals surface area contributed by atoms with Gasteiger partial charge in [0.15, 0.2) is 6.61 Å². The SMILES string of the molecule is NC(=O)c1ccc(NC(=O)COC(=O)CNC(=O)c2cccs2)cc1. The predicted molar refractivity (Wildman–Crippen MR) is 91.2 cm³/mol. The predicted octanol–water partition coefficient (Wildman–Crippen LogP) is 0.759. The Morgan fingerprint density at radius 2 is 1.80 bits per heavy atom. The van der Waals surface area contributed by atoms with E-state index >= 15 is 0 Å². The van der Waals surface area contributed by atoms with Crippen molar-refractivity contribution in [1.29, 1.82) is 0 Å². The Bertz CT molecular complexity index is 772. The number of ether oxygens (including phenoxy) is 1. The summed E-state index contributed by atoms with van der Waals surface area (Å²) in [5.74, 6) is -2.24. The van der Waals surface area contributed by atoms with Gasteiger partial charge in [0.2, 0.25) is 5.91 Å². The minimum atomic E-state index is -0.732. The third kappa shape index (κ3) is 5.74. The summed E-state index contributed by atoms with van der Waals surface area (Å²) >= 11 is 1.25. The molecule has 0 spiro atoms. The summed E-state index contributed by atoms with van der Waals surface area (Å²) in [5, 5.41) is 6.64. The van der Waals surface area contributed by atoms with Crippen molar-refractivity contribution in [2.75, 3.05) is 18.5 Å². The highest BCUT2D eigenvalue weighted by atomic mass is 32.1. The summed E-state index contributed by atoms with van der Waals surface area (Å²) in [6, 6.07) is 9.27. The second-order valence-electron chi connectivity index (χ2n) is 4.81. The van der Waals surface area contributed by atoms with E-state index in [1.165, 1.54) is 35.6 Å². The van der Waals surface area contributed by atoms with Crippen molar-refractivity contribution < 1.29 is 23.9 Å². The number of esters is 1. The smallest absolute Gasteiger partial charge is 0.325 e. The summed E-state index contributed by atoms with van der Waals surface area (Å²) in [4.78, 5) is 46.3. The normalized spacial score (nSPS) is 9.92. The number of nitrogens with two attached hydrogens (primary N) is 1. The molecule has 0 radical (unpaired) electrons.